The highest BCUT2D eigenvalue weighted by Gasteiger charge is 2.29. The Balaban J connectivity index is 0.00000114. The summed E-state index contributed by atoms with van der Waals surface area (Å²) in [5, 5.41) is 4.52. The molecule has 0 fully saturated rings. The third-order valence-electron chi connectivity index (χ3n) is 3.48. The highest BCUT2D eigenvalue weighted by Crippen LogP contribution is 2.24. The molecule has 0 unspecified atom stereocenters. The fourth-order valence-corrected chi connectivity index (χ4v) is 2.33. The maximum Gasteiger partial charge on any atom is 0.325 e. The number of carbonyl (C=O) groups is 2. The topological polar surface area (TPSA) is 77.5 Å². The van der Waals surface area contributed by atoms with Crippen molar-refractivity contribution in [2.24, 2.45) is 5.41 Å². The van der Waals surface area contributed by atoms with Gasteiger partial charge in [0.25, 0.3) is 0 Å². The molecule has 2 rings (SSSR count). The summed E-state index contributed by atoms with van der Waals surface area (Å²) in [7, 11) is 1.27. The zero-order valence-corrected chi connectivity index (χ0v) is 18.1. The molecule has 0 saturated carbocycles. The van der Waals surface area contributed by atoms with E-state index in [1.807, 2.05) is 24.3 Å². The summed E-state index contributed by atoms with van der Waals surface area (Å²) < 4.78 is 11.1. The minimum atomic E-state index is -0.818. The Morgan fingerprint density at radius 3 is 2.48 bits per heavy atom. The number of hydrogen-bond donors (Lipinski definition) is 1. The number of fused-ring (bicyclic) bond motifs is 1. The smallest absolute Gasteiger partial charge is 0.325 e. The maximum atomic E-state index is 12.1. The van der Waals surface area contributed by atoms with Crippen molar-refractivity contribution in [3.8, 4) is 5.88 Å². The van der Waals surface area contributed by atoms with Gasteiger partial charge in [-0.1, -0.05) is 42.3 Å². The standard InChI is InChI=1S/C17H19BrN2O4.C3H8/c1-17(2,16(22)20-9-15(21)23-3)10-24-14-7-12-6-13(18)5-4-11(12)8-19-14;1-3-2/h4-8H,9-10H2,1-3H3,(H,20,22);3H2,1-2H3. The first-order valence-corrected chi connectivity index (χ1v) is 9.56. The van der Waals surface area contributed by atoms with Crippen molar-refractivity contribution < 1.29 is 19.1 Å². The van der Waals surface area contributed by atoms with Gasteiger partial charge in [-0.2, -0.15) is 0 Å². The average Bonchev–Trinajstić information content (AvgIpc) is 2.64. The lowest BCUT2D eigenvalue weighted by Crippen LogP contribution is -2.43. The molecular formula is C20H27BrN2O4. The van der Waals surface area contributed by atoms with Crippen molar-refractivity contribution in [2.75, 3.05) is 20.3 Å². The summed E-state index contributed by atoms with van der Waals surface area (Å²) >= 11 is 3.43. The number of nitrogens with one attached hydrogen (secondary N) is 1. The van der Waals surface area contributed by atoms with E-state index in [9.17, 15) is 9.59 Å². The fourth-order valence-electron chi connectivity index (χ4n) is 1.95. The van der Waals surface area contributed by atoms with Crippen molar-refractivity contribution in [3.63, 3.8) is 0 Å². The number of ether oxygens (including phenoxy) is 2. The molecule has 1 aromatic carbocycles. The van der Waals surface area contributed by atoms with Gasteiger partial charge >= 0.3 is 5.97 Å². The number of benzene rings is 1. The molecule has 0 radical (unpaired) electrons. The largest absolute Gasteiger partial charge is 0.477 e. The fraction of sp³-hybridized carbons (Fsp3) is 0.450. The normalized spacial score (nSPS) is 10.6. The molecule has 1 aromatic heterocycles. The Hall–Kier alpha value is -2.15. The number of carbonyl (C=O) groups excluding carboxylic acids is 2. The van der Waals surface area contributed by atoms with Crippen LogP contribution in [0.5, 0.6) is 5.88 Å². The Kier molecular flexibility index (Phi) is 9.21. The van der Waals surface area contributed by atoms with Gasteiger partial charge in [-0.25, -0.2) is 4.98 Å². The third kappa shape index (κ3) is 7.54. The van der Waals surface area contributed by atoms with Gasteiger partial charge in [-0.15, -0.1) is 0 Å². The minimum absolute atomic E-state index is 0.131. The van der Waals surface area contributed by atoms with Gasteiger partial charge in [-0.05, 0) is 31.4 Å². The third-order valence-corrected chi connectivity index (χ3v) is 3.97. The summed E-state index contributed by atoms with van der Waals surface area (Å²) in [6, 6.07) is 7.69. The van der Waals surface area contributed by atoms with Gasteiger partial charge in [-0.3, -0.25) is 9.59 Å². The van der Waals surface area contributed by atoms with Crippen LogP contribution < -0.4 is 10.1 Å². The van der Waals surface area contributed by atoms with Crippen LogP contribution in [0.1, 0.15) is 34.1 Å². The Labute approximate surface area is 168 Å². The molecule has 0 aliphatic heterocycles. The Bertz CT molecular complexity index is 778. The highest BCUT2D eigenvalue weighted by molar-refractivity contribution is 9.10. The van der Waals surface area contributed by atoms with Gasteiger partial charge in [0.05, 0.1) is 12.5 Å². The van der Waals surface area contributed by atoms with Gasteiger partial charge in [0.1, 0.15) is 13.2 Å². The SMILES string of the molecule is CCC.COC(=O)CNC(=O)C(C)(C)COc1cc2cc(Br)ccc2cn1. The number of halogens is 1. The van der Waals surface area contributed by atoms with E-state index in [-0.39, 0.29) is 19.1 Å². The highest BCUT2D eigenvalue weighted by atomic mass is 79.9. The molecule has 0 atom stereocenters. The zero-order valence-electron chi connectivity index (χ0n) is 16.5. The molecule has 2 aromatic rings. The lowest BCUT2D eigenvalue weighted by Gasteiger charge is -2.23. The van der Waals surface area contributed by atoms with Gasteiger partial charge in [0.2, 0.25) is 11.8 Å². The van der Waals surface area contributed by atoms with E-state index in [0.717, 1.165) is 15.2 Å². The molecule has 148 valence electrons. The van der Waals surface area contributed by atoms with E-state index in [1.165, 1.54) is 13.5 Å². The number of esters is 1. The molecule has 7 heteroatoms. The van der Waals surface area contributed by atoms with Crippen LogP contribution in [0, 0.1) is 5.41 Å². The molecule has 1 N–H and O–H groups in total. The summed E-state index contributed by atoms with van der Waals surface area (Å²) in [5.74, 6) is -0.354. The molecule has 0 saturated heterocycles. The molecule has 6 nitrogen and oxygen atoms in total. The van der Waals surface area contributed by atoms with Crippen molar-refractivity contribution in [1.29, 1.82) is 0 Å². The van der Waals surface area contributed by atoms with Crippen LogP contribution in [0.25, 0.3) is 10.8 Å². The molecule has 0 bridgehead atoms. The minimum Gasteiger partial charge on any atom is -0.477 e. The van der Waals surface area contributed by atoms with Gasteiger partial charge < -0.3 is 14.8 Å². The number of nitrogens with zero attached hydrogens (tertiary/aromatic N) is 1. The van der Waals surface area contributed by atoms with Crippen LogP contribution >= 0.6 is 15.9 Å². The molecular weight excluding hydrogens is 412 g/mol. The predicted octanol–water partition coefficient (Wildman–Crippen LogP) is 4.11. The quantitative estimate of drug-likeness (QED) is 0.686. The first kappa shape index (κ1) is 22.9. The number of aromatic nitrogens is 1. The van der Waals surface area contributed by atoms with E-state index in [0.29, 0.717) is 5.88 Å². The second-order valence-electron chi connectivity index (χ2n) is 6.65. The Morgan fingerprint density at radius 1 is 1.19 bits per heavy atom. The molecule has 0 aliphatic carbocycles. The van der Waals surface area contributed by atoms with Gasteiger partial charge in [0, 0.05) is 22.1 Å². The molecule has 1 amide bonds. The average molecular weight is 439 g/mol. The van der Waals surface area contributed by atoms with E-state index < -0.39 is 11.4 Å². The predicted molar refractivity (Wildman–Crippen MR) is 110 cm³/mol. The van der Waals surface area contributed by atoms with Crippen LogP contribution in [0.3, 0.4) is 0 Å². The van der Waals surface area contributed by atoms with Crippen LogP contribution in [0.4, 0.5) is 0 Å². The summed E-state index contributed by atoms with van der Waals surface area (Å²) in [6.07, 6.45) is 2.97. The van der Waals surface area contributed by atoms with Crippen LogP contribution in [0.15, 0.2) is 34.9 Å². The molecule has 1 heterocycles. The van der Waals surface area contributed by atoms with Crippen molar-refractivity contribution in [1.82, 2.24) is 10.3 Å². The van der Waals surface area contributed by atoms with Crippen molar-refractivity contribution in [2.45, 2.75) is 34.1 Å². The summed E-state index contributed by atoms with van der Waals surface area (Å²) in [4.78, 5) is 27.5. The summed E-state index contributed by atoms with van der Waals surface area (Å²) in [6.45, 7) is 7.68. The number of methoxy groups -OCH3 is 1. The zero-order chi connectivity index (χ0) is 20.4. The first-order valence-electron chi connectivity index (χ1n) is 8.76. The molecule has 0 spiro atoms. The first-order chi connectivity index (χ1) is 12.7. The molecule has 27 heavy (non-hydrogen) atoms. The van der Waals surface area contributed by atoms with Crippen molar-refractivity contribution >= 4 is 38.6 Å². The van der Waals surface area contributed by atoms with Crippen LogP contribution in [0.2, 0.25) is 0 Å². The lowest BCUT2D eigenvalue weighted by molar-refractivity contribution is -0.142. The number of hydrogen-bond acceptors (Lipinski definition) is 5. The number of rotatable bonds is 6. The number of amides is 1. The number of pyridine rings is 1. The van der Waals surface area contributed by atoms with Crippen molar-refractivity contribution in [3.05, 3.63) is 34.9 Å². The second-order valence-corrected chi connectivity index (χ2v) is 7.57. The van der Waals surface area contributed by atoms with E-state index >= 15 is 0 Å². The van der Waals surface area contributed by atoms with E-state index in [2.05, 4.69) is 44.8 Å². The van der Waals surface area contributed by atoms with E-state index in [4.69, 9.17) is 4.74 Å². The van der Waals surface area contributed by atoms with Gasteiger partial charge in [0.15, 0.2) is 0 Å². The van der Waals surface area contributed by atoms with E-state index in [1.54, 1.807) is 20.0 Å². The summed E-state index contributed by atoms with van der Waals surface area (Å²) in [5.41, 5.74) is -0.818. The van der Waals surface area contributed by atoms with Crippen LogP contribution in [-0.4, -0.2) is 37.1 Å². The lowest BCUT2D eigenvalue weighted by atomic mass is 9.93. The molecule has 0 aliphatic rings. The monoisotopic (exact) mass is 438 g/mol. The maximum absolute atomic E-state index is 12.1. The second kappa shape index (κ2) is 10.9. The Morgan fingerprint density at radius 2 is 1.85 bits per heavy atom. The van der Waals surface area contributed by atoms with Crippen LogP contribution in [-0.2, 0) is 14.3 Å².